The van der Waals surface area contributed by atoms with E-state index in [0.29, 0.717) is 0 Å². The molecule has 0 radical (unpaired) electrons. The number of fused-ring (bicyclic) bond motifs is 1. The zero-order chi connectivity index (χ0) is 13.5. The van der Waals surface area contributed by atoms with Crippen LogP contribution in [-0.2, 0) is 4.79 Å². The number of hydrogen-bond acceptors (Lipinski definition) is 2. The summed E-state index contributed by atoms with van der Waals surface area (Å²) in [7, 11) is 0. The number of amides is 1. The fraction of sp³-hybridized carbons (Fsp3) is 0.588. The van der Waals surface area contributed by atoms with E-state index in [1.807, 2.05) is 6.07 Å². The maximum atomic E-state index is 12.3. The predicted octanol–water partition coefficient (Wildman–Crippen LogP) is 3.27. The number of carbonyl (C=O) groups excluding carboxylic acids is 1. The lowest BCUT2D eigenvalue weighted by Gasteiger charge is -2.19. The lowest BCUT2D eigenvalue weighted by Crippen LogP contribution is -2.22. The van der Waals surface area contributed by atoms with Gasteiger partial charge >= 0.3 is 0 Å². The van der Waals surface area contributed by atoms with E-state index >= 15 is 0 Å². The molecule has 106 valence electrons. The summed E-state index contributed by atoms with van der Waals surface area (Å²) in [6.07, 6.45) is 6.15. The lowest BCUT2D eigenvalue weighted by molar-refractivity contribution is -0.120. The molecule has 3 aliphatic rings. The molecule has 2 atom stereocenters. The topological polar surface area (TPSA) is 32.3 Å². The Morgan fingerprint density at radius 3 is 2.60 bits per heavy atom. The standard InChI is InChI=1S/C17H22N2O/c20-17(14-9-12-8-13(12)10-14)18-15-4-3-5-16(11-15)19-6-1-2-7-19/h3-5,11-14H,1-2,6-10H2,(H,18,20). The monoisotopic (exact) mass is 270 g/mol. The third kappa shape index (κ3) is 2.30. The van der Waals surface area contributed by atoms with Crippen molar-refractivity contribution in [3.63, 3.8) is 0 Å². The molecule has 4 rings (SSSR count). The second-order valence-corrected chi connectivity index (χ2v) is 6.66. The molecule has 0 bridgehead atoms. The molecule has 1 amide bonds. The van der Waals surface area contributed by atoms with Crippen molar-refractivity contribution in [2.75, 3.05) is 23.3 Å². The highest BCUT2D eigenvalue weighted by molar-refractivity contribution is 5.93. The smallest absolute Gasteiger partial charge is 0.227 e. The lowest BCUT2D eigenvalue weighted by atomic mass is 10.0. The van der Waals surface area contributed by atoms with E-state index in [9.17, 15) is 4.79 Å². The summed E-state index contributed by atoms with van der Waals surface area (Å²) in [5.41, 5.74) is 2.20. The third-order valence-electron chi connectivity index (χ3n) is 5.20. The van der Waals surface area contributed by atoms with Gasteiger partial charge in [0.1, 0.15) is 0 Å². The molecule has 3 heteroatoms. The molecule has 1 aliphatic heterocycles. The van der Waals surface area contributed by atoms with Crippen molar-refractivity contribution < 1.29 is 4.79 Å². The van der Waals surface area contributed by atoms with Gasteiger partial charge in [0.05, 0.1) is 0 Å². The fourth-order valence-corrected chi connectivity index (χ4v) is 3.93. The van der Waals surface area contributed by atoms with Crippen LogP contribution in [0.1, 0.15) is 32.1 Å². The first-order chi connectivity index (χ1) is 9.79. The first kappa shape index (κ1) is 12.2. The SMILES string of the molecule is O=C(Nc1cccc(N2CCCC2)c1)C1CC2CC2C1. The summed E-state index contributed by atoms with van der Waals surface area (Å²) in [6.45, 7) is 2.28. The van der Waals surface area contributed by atoms with Gasteiger partial charge < -0.3 is 10.2 Å². The number of nitrogens with one attached hydrogen (secondary N) is 1. The van der Waals surface area contributed by atoms with Gasteiger partial charge in [-0.3, -0.25) is 4.79 Å². The van der Waals surface area contributed by atoms with Gasteiger partial charge in [-0.25, -0.2) is 0 Å². The summed E-state index contributed by atoms with van der Waals surface area (Å²) in [5, 5.41) is 3.12. The Morgan fingerprint density at radius 2 is 1.85 bits per heavy atom. The zero-order valence-corrected chi connectivity index (χ0v) is 11.8. The molecule has 3 fully saturated rings. The predicted molar refractivity (Wildman–Crippen MR) is 80.8 cm³/mol. The van der Waals surface area contributed by atoms with Gasteiger partial charge in [0.15, 0.2) is 0 Å². The Morgan fingerprint density at radius 1 is 1.10 bits per heavy atom. The minimum atomic E-state index is 0.232. The number of anilines is 2. The fourth-order valence-electron chi connectivity index (χ4n) is 3.93. The average Bonchev–Trinajstić information content (AvgIpc) is 2.91. The van der Waals surface area contributed by atoms with Crippen molar-refractivity contribution in [2.45, 2.75) is 32.1 Å². The van der Waals surface area contributed by atoms with Crippen LogP contribution in [0.2, 0.25) is 0 Å². The van der Waals surface area contributed by atoms with Crippen LogP contribution in [0.25, 0.3) is 0 Å². The van der Waals surface area contributed by atoms with Gasteiger partial charge in [-0.2, -0.15) is 0 Å². The van der Waals surface area contributed by atoms with Crippen LogP contribution >= 0.6 is 0 Å². The van der Waals surface area contributed by atoms with Gasteiger partial charge in [0.2, 0.25) is 5.91 Å². The number of benzene rings is 1. The van der Waals surface area contributed by atoms with Crippen molar-refractivity contribution in [2.24, 2.45) is 17.8 Å². The molecular formula is C17H22N2O. The maximum absolute atomic E-state index is 12.3. The minimum Gasteiger partial charge on any atom is -0.371 e. The van der Waals surface area contributed by atoms with Crippen LogP contribution in [-0.4, -0.2) is 19.0 Å². The summed E-state index contributed by atoms with van der Waals surface area (Å²) in [6, 6.07) is 8.33. The average molecular weight is 270 g/mol. The van der Waals surface area contributed by atoms with E-state index in [1.54, 1.807) is 0 Å². The molecule has 1 heterocycles. The number of rotatable bonds is 3. The van der Waals surface area contributed by atoms with Crippen LogP contribution in [0.3, 0.4) is 0 Å². The number of hydrogen-bond donors (Lipinski definition) is 1. The second kappa shape index (κ2) is 4.80. The van der Waals surface area contributed by atoms with Crippen molar-refractivity contribution in [1.82, 2.24) is 0 Å². The van der Waals surface area contributed by atoms with Gasteiger partial charge in [-0.15, -0.1) is 0 Å². The van der Waals surface area contributed by atoms with Crippen LogP contribution in [0.5, 0.6) is 0 Å². The highest BCUT2D eigenvalue weighted by Crippen LogP contribution is 2.54. The highest BCUT2D eigenvalue weighted by atomic mass is 16.1. The Bertz CT molecular complexity index is 511. The van der Waals surface area contributed by atoms with E-state index in [1.165, 1.54) is 24.9 Å². The number of nitrogens with zero attached hydrogens (tertiary/aromatic N) is 1. The van der Waals surface area contributed by atoms with Crippen LogP contribution in [0, 0.1) is 17.8 Å². The van der Waals surface area contributed by atoms with Crippen molar-refractivity contribution in [3.05, 3.63) is 24.3 Å². The Labute approximate surface area is 120 Å². The molecule has 1 N–H and O–H groups in total. The van der Waals surface area contributed by atoms with Crippen molar-refractivity contribution in [1.29, 1.82) is 0 Å². The molecule has 0 aromatic heterocycles. The van der Waals surface area contributed by atoms with E-state index < -0.39 is 0 Å². The van der Waals surface area contributed by atoms with Crippen molar-refractivity contribution in [3.8, 4) is 0 Å². The summed E-state index contributed by atoms with van der Waals surface area (Å²) < 4.78 is 0. The Balaban J connectivity index is 1.42. The normalized spacial score (nSPS) is 31.2. The molecule has 20 heavy (non-hydrogen) atoms. The molecule has 2 unspecified atom stereocenters. The van der Waals surface area contributed by atoms with Gasteiger partial charge in [0, 0.05) is 30.4 Å². The Hall–Kier alpha value is -1.51. The maximum Gasteiger partial charge on any atom is 0.227 e. The van der Waals surface area contributed by atoms with E-state index in [2.05, 4.69) is 28.4 Å². The zero-order valence-electron chi connectivity index (χ0n) is 11.8. The van der Waals surface area contributed by atoms with Crippen LogP contribution in [0.15, 0.2) is 24.3 Å². The molecule has 0 spiro atoms. The Kier molecular flexibility index (Phi) is 2.94. The summed E-state index contributed by atoms with van der Waals surface area (Å²) >= 11 is 0. The molecule has 3 nitrogen and oxygen atoms in total. The van der Waals surface area contributed by atoms with E-state index in [0.717, 1.165) is 43.5 Å². The van der Waals surface area contributed by atoms with E-state index in [-0.39, 0.29) is 11.8 Å². The molecular weight excluding hydrogens is 248 g/mol. The minimum absolute atomic E-state index is 0.232. The molecule has 2 saturated carbocycles. The molecule has 2 aliphatic carbocycles. The van der Waals surface area contributed by atoms with Gasteiger partial charge in [0.25, 0.3) is 0 Å². The van der Waals surface area contributed by atoms with Gasteiger partial charge in [-0.05, 0) is 62.1 Å². The van der Waals surface area contributed by atoms with E-state index in [4.69, 9.17) is 0 Å². The quantitative estimate of drug-likeness (QED) is 0.914. The molecule has 1 saturated heterocycles. The van der Waals surface area contributed by atoms with Crippen LogP contribution < -0.4 is 10.2 Å². The summed E-state index contributed by atoms with van der Waals surface area (Å²) in [5.74, 6) is 2.22. The number of carbonyl (C=O) groups is 1. The first-order valence-corrected chi connectivity index (χ1v) is 7.95. The largest absolute Gasteiger partial charge is 0.371 e. The molecule has 1 aromatic rings. The van der Waals surface area contributed by atoms with Crippen LogP contribution in [0.4, 0.5) is 11.4 Å². The first-order valence-electron chi connectivity index (χ1n) is 7.95. The second-order valence-electron chi connectivity index (χ2n) is 6.66. The molecule has 1 aromatic carbocycles. The van der Waals surface area contributed by atoms with Crippen molar-refractivity contribution >= 4 is 17.3 Å². The highest BCUT2D eigenvalue weighted by Gasteiger charge is 2.47. The summed E-state index contributed by atoms with van der Waals surface area (Å²) in [4.78, 5) is 14.7. The third-order valence-corrected chi connectivity index (χ3v) is 5.20. The van der Waals surface area contributed by atoms with Gasteiger partial charge in [-0.1, -0.05) is 6.07 Å².